The van der Waals surface area contributed by atoms with Crippen molar-refractivity contribution in [1.82, 2.24) is 0 Å². The van der Waals surface area contributed by atoms with Crippen molar-refractivity contribution in [2.24, 2.45) is 0 Å². The van der Waals surface area contributed by atoms with Gasteiger partial charge in [-0.1, -0.05) is 38.8 Å². The molecule has 0 fully saturated rings. The molecule has 1 rings (SSSR count). The van der Waals surface area contributed by atoms with Crippen LogP contribution >= 0.6 is 0 Å². The van der Waals surface area contributed by atoms with Crippen molar-refractivity contribution in [2.45, 2.75) is 45.7 Å². The second-order valence-electron chi connectivity index (χ2n) is 4.64. The molecular formula is C16H18F3N. The van der Waals surface area contributed by atoms with Crippen LogP contribution in [0.5, 0.6) is 0 Å². The first-order valence-electron chi connectivity index (χ1n) is 6.73. The van der Waals surface area contributed by atoms with Gasteiger partial charge in [-0.15, -0.1) is 0 Å². The molecule has 1 aromatic carbocycles. The summed E-state index contributed by atoms with van der Waals surface area (Å²) in [6.45, 7) is 3.97. The van der Waals surface area contributed by atoms with Crippen LogP contribution in [0, 0.1) is 11.3 Å². The van der Waals surface area contributed by atoms with Crippen molar-refractivity contribution in [3.63, 3.8) is 0 Å². The van der Waals surface area contributed by atoms with Crippen LogP contribution in [0.2, 0.25) is 0 Å². The summed E-state index contributed by atoms with van der Waals surface area (Å²) in [6.07, 6.45) is -1.27. The molecule has 0 N–H and O–H groups in total. The highest BCUT2D eigenvalue weighted by Gasteiger charge is 2.30. The van der Waals surface area contributed by atoms with E-state index < -0.39 is 11.7 Å². The number of benzene rings is 1. The predicted octanol–water partition coefficient (Wildman–Crippen LogP) is 5.58. The van der Waals surface area contributed by atoms with Gasteiger partial charge in [-0.25, -0.2) is 0 Å². The van der Waals surface area contributed by atoms with Gasteiger partial charge in [0.1, 0.15) is 0 Å². The van der Waals surface area contributed by atoms with Gasteiger partial charge in [-0.05, 0) is 36.1 Å². The van der Waals surface area contributed by atoms with Gasteiger partial charge >= 0.3 is 6.18 Å². The first-order chi connectivity index (χ1) is 9.43. The fraction of sp³-hybridized carbons (Fsp3) is 0.438. The maximum absolute atomic E-state index is 12.5. The normalized spacial score (nSPS) is 12.8. The maximum atomic E-state index is 12.5. The lowest BCUT2D eigenvalue weighted by Crippen LogP contribution is -2.04. The molecule has 0 aliphatic heterocycles. The van der Waals surface area contributed by atoms with E-state index >= 15 is 0 Å². The monoisotopic (exact) mass is 281 g/mol. The topological polar surface area (TPSA) is 23.8 Å². The number of hydrogen-bond acceptors (Lipinski definition) is 1. The van der Waals surface area contributed by atoms with Crippen LogP contribution < -0.4 is 0 Å². The minimum Gasteiger partial charge on any atom is -0.193 e. The van der Waals surface area contributed by atoms with E-state index in [9.17, 15) is 18.4 Å². The molecule has 0 unspecified atom stereocenters. The zero-order valence-corrected chi connectivity index (χ0v) is 11.7. The summed E-state index contributed by atoms with van der Waals surface area (Å²) in [5.74, 6) is 0. The zero-order chi connectivity index (χ0) is 15.2. The van der Waals surface area contributed by atoms with E-state index in [1.54, 1.807) is 0 Å². The Labute approximate surface area is 117 Å². The molecule has 0 spiro atoms. The predicted molar refractivity (Wildman–Crippen MR) is 73.8 cm³/mol. The van der Waals surface area contributed by atoms with Crippen LogP contribution in [-0.2, 0) is 6.18 Å². The number of allylic oxidation sites excluding steroid dienone is 2. The van der Waals surface area contributed by atoms with E-state index in [0.29, 0.717) is 24.0 Å². The van der Waals surface area contributed by atoms with Crippen LogP contribution in [0.15, 0.2) is 29.8 Å². The Hall–Kier alpha value is -1.76. The van der Waals surface area contributed by atoms with Gasteiger partial charge in [-0.2, -0.15) is 18.4 Å². The van der Waals surface area contributed by atoms with E-state index in [2.05, 4.69) is 6.07 Å². The molecule has 0 aliphatic rings. The van der Waals surface area contributed by atoms with Gasteiger partial charge in [-0.3, -0.25) is 0 Å². The van der Waals surface area contributed by atoms with E-state index in [0.717, 1.165) is 30.5 Å². The number of nitrogens with zero attached hydrogens (tertiary/aromatic N) is 1. The number of rotatable bonds is 5. The second-order valence-corrected chi connectivity index (χ2v) is 4.64. The standard InChI is InChI=1S/C16H18F3N/c1-3-5-13(11-20)15(6-4-2)12-7-9-14(10-8-12)16(17,18)19/h7-10H,3-6H2,1-2H3/b15-13-. The summed E-state index contributed by atoms with van der Waals surface area (Å²) >= 11 is 0. The van der Waals surface area contributed by atoms with E-state index in [4.69, 9.17) is 0 Å². The Morgan fingerprint density at radius 2 is 1.60 bits per heavy atom. The SMILES string of the molecule is CCC/C(C#N)=C(\CCC)c1ccc(C(F)(F)F)cc1. The van der Waals surface area contributed by atoms with Gasteiger partial charge < -0.3 is 0 Å². The van der Waals surface area contributed by atoms with Gasteiger partial charge in [0.25, 0.3) is 0 Å². The first kappa shape index (κ1) is 16.3. The van der Waals surface area contributed by atoms with E-state index in [-0.39, 0.29) is 0 Å². The van der Waals surface area contributed by atoms with Crippen LogP contribution in [-0.4, -0.2) is 0 Å². The fourth-order valence-corrected chi connectivity index (χ4v) is 2.10. The quantitative estimate of drug-likeness (QED) is 0.646. The molecule has 20 heavy (non-hydrogen) atoms. The number of nitriles is 1. The smallest absolute Gasteiger partial charge is 0.193 e. The molecule has 1 aromatic rings. The van der Waals surface area contributed by atoms with Gasteiger partial charge in [0.15, 0.2) is 0 Å². The van der Waals surface area contributed by atoms with Crippen LogP contribution in [0.4, 0.5) is 13.2 Å². The number of hydrogen-bond donors (Lipinski definition) is 0. The lowest BCUT2D eigenvalue weighted by molar-refractivity contribution is -0.137. The Morgan fingerprint density at radius 3 is 2.00 bits per heavy atom. The highest BCUT2D eigenvalue weighted by Crippen LogP contribution is 2.32. The molecule has 108 valence electrons. The van der Waals surface area contributed by atoms with Crippen molar-refractivity contribution in [1.29, 1.82) is 5.26 Å². The molecule has 0 aliphatic carbocycles. The Morgan fingerprint density at radius 1 is 1.05 bits per heavy atom. The molecular weight excluding hydrogens is 263 g/mol. The molecule has 4 heteroatoms. The average Bonchev–Trinajstić information content (AvgIpc) is 2.42. The Balaban J connectivity index is 3.20. The van der Waals surface area contributed by atoms with Crippen molar-refractivity contribution in [3.8, 4) is 6.07 Å². The third-order valence-corrected chi connectivity index (χ3v) is 3.06. The summed E-state index contributed by atoms with van der Waals surface area (Å²) < 4.78 is 37.6. The maximum Gasteiger partial charge on any atom is 0.416 e. The summed E-state index contributed by atoms with van der Waals surface area (Å²) in [5, 5.41) is 9.21. The largest absolute Gasteiger partial charge is 0.416 e. The second kappa shape index (κ2) is 7.14. The Kier molecular flexibility index (Phi) is 5.82. The molecule has 0 heterocycles. The summed E-state index contributed by atoms with van der Waals surface area (Å²) in [6, 6.07) is 7.26. The van der Waals surface area contributed by atoms with E-state index in [1.165, 1.54) is 12.1 Å². The van der Waals surface area contributed by atoms with Crippen LogP contribution in [0.25, 0.3) is 5.57 Å². The summed E-state index contributed by atoms with van der Waals surface area (Å²) in [5.41, 5.74) is 1.59. The third kappa shape index (κ3) is 4.12. The van der Waals surface area contributed by atoms with E-state index in [1.807, 2.05) is 13.8 Å². The van der Waals surface area contributed by atoms with Crippen LogP contribution in [0.3, 0.4) is 0 Å². The third-order valence-electron chi connectivity index (χ3n) is 3.06. The van der Waals surface area contributed by atoms with Crippen molar-refractivity contribution in [3.05, 3.63) is 41.0 Å². The van der Waals surface area contributed by atoms with Gasteiger partial charge in [0.2, 0.25) is 0 Å². The number of halogens is 3. The lowest BCUT2D eigenvalue weighted by Gasteiger charge is -2.12. The minimum atomic E-state index is -4.32. The van der Waals surface area contributed by atoms with Crippen molar-refractivity contribution in [2.75, 3.05) is 0 Å². The van der Waals surface area contributed by atoms with Crippen LogP contribution in [0.1, 0.15) is 50.7 Å². The highest BCUT2D eigenvalue weighted by molar-refractivity contribution is 5.71. The lowest BCUT2D eigenvalue weighted by atomic mass is 9.93. The summed E-state index contributed by atoms with van der Waals surface area (Å²) in [7, 11) is 0. The molecule has 0 atom stereocenters. The molecule has 0 aromatic heterocycles. The van der Waals surface area contributed by atoms with Gasteiger partial charge in [0, 0.05) is 5.57 Å². The van der Waals surface area contributed by atoms with Gasteiger partial charge in [0.05, 0.1) is 11.6 Å². The molecule has 0 amide bonds. The zero-order valence-electron chi connectivity index (χ0n) is 11.7. The van der Waals surface area contributed by atoms with Crippen molar-refractivity contribution < 1.29 is 13.2 Å². The molecule has 0 saturated heterocycles. The molecule has 1 nitrogen and oxygen atoms in total. The van der Waals surface area contributed by atoms with Crippen molar-refractivity contribution >= 4 is 5.57 Å². The molecule has 0 saturated carbocycles. The Bertz CT molecular complexity index is 504. The highest BCUT2D eigenvalue weighted by atomic mass is 19.4. The average molecular weight is 281 g/mol. The fourth-order valence-electron chi connectivity index (χ4n) is 2.10. The number of alkyl halides is 3. The minimum absolute atomic E-state index is 0.660. The molecule has 0 bridgehead atoms. The summed E-state index contributed by atoms with van der Waals surface area (Å²) in [4.78, 5) is 0. The first-order valence-corrected chi connectivity index (χ1v) is 6.73. The molecule has 0 radical (unpaired) electrons.